The summed E-state index contributed by atoms with van der Waals surface area (Å²) in [5, 5.41) is 0. The number of rotatable bonds is 14. The van der Waals surface area contributed by atoms with Crippen LogP contribution in [0.5, 0.6) is 0 Å². The number of hydrogen-bond acceptors (Lipinski definition) is 2. The monoisotopic (exact) mass is 472 g/mol. The molecule has 2 aromatic carbocycles. The first-order chi connectivity index (χ1) is 14.2. The van der Waals surface area contributed by atoms with Crippen LogP contribution in [0.4, 0.5) is 0 Å². The van der Waals surface area contributed by atoms with Gasteiger partial charge >= 0.3 is 186 Å². The van der Waals surface area contributed by atoms with Gasteiger partial charge in [0.05, 0.1) is 0 Å². The maximum atomic E-state index is 3.01. The molecule has 0 heterocycles. The van der Waals surface area contributed by atoms with Crippen LogP contribution in [-0.4, -0.2) is 31.9 Å². The predicted molar refractivity (Wildman–Crippen MR) is 125 cm³/mol. The van der Waals surface area contributed by atoms with Gasteiger partial charge in [0.2, 0.25) is 0 Å². The van der Waals surface area contributed by atoms with E-state index in [-0.39, 0.29) is 0 Å². The molecule has 2 rings (SSSR count). The molecule has 0 bridgehead atoms. The Labute approximate surface area is 185 Å². The molecule has 0 atom stereocenters. The Bertz CT molecular complexity index is 587. The molecule has 0 N–H and O–H groups in total. The van der Waals surface area contributed by atoms with E-state index in [4.69, 9.17) is 0 Å². The van der Waals surface area contributed by atoms with Crippen molar-refractivity contribution >= 4 is 0 Å². The second-order valence-corrected chi connectivity index (χ2v) is 18.0. The van der Waals surface area contributed by atoms with Crippen LogP contribution in [0.25, 0.3) is 0 Å². The minimum absolute atomic E-state index is 1.24. The molecule has 0 saturated heterocycles. The van der Waals surface area contributed by atoms with Crippen molar-refractivity contribution in [2.24, 2.45) is 0 Å². The molecule has 3 heteroatoms. The fraction of sp³-hybridized carbons (Fsp3) is 0.538. The standard InChI is InChI=1S/2C7H7.2C6H14N.Zr/c2*1-7-5-3-2-4-6-7;2*1-3-5-7-6-4-2;/h2*2-6H,1H2;2*3-6H2,1-2H3;/q;;2*-1;+2. The van der Waals surface area contributed by atoms with Crippen molar-refractivity contribution in [2.75, 3.05) is 26.2 Å². The Hall–Kier alpha value is -0.757. The molecule has 0 amide bonds. The molecule has 0 aliphatic heterocycles. The van der Waals surface area contributed by atoms with Crippen LogP contribution < -0.4 is 0 Å². The van der Waals surface area contributed by atoms with Gasteiger partial charge in [-0.25, -0.2) is 0 Å². The first-order valence-corrected chi connectivity index (χ1v) is 17.5. The van der Waals surface area contributed by atoms with E-state index in [1.54, 1.807) is 0 Å². The third-order valence-corrected chi connectivity index (χ3v) is 18.6. The molecular formula is C26H42N2Zr. The maximum absolute atomic E-state index is 3.01. The molecule has 0 fully saturated rings. The molecule has 0 unspecified atom stereocenters. The number of nitrogens with zero attached hydrogens (tertiary/aromatic N) is 2. The average Bonchev–Trinajstić information content (AvgIpc) is 2.74. The van der Waals surface area contributed by atoms with Crippen molar-refractivity contribution in [3.63, 3.8) is 0 Å². The molecule has 0 spiro atoms. The Balaban J connectivity index is 2.58. The topological polar surface area (TPSA) is 6.48 Å². The molecular weight excluding hydrogens is 432 g/mol. The van der Waals surface area contributed by atoms with Gasteiger partial charge < -0.3 is 0 Å². The molecule has 2 aromatic rings. The Morgan fingerprint density at radius 3 is 1.10 bits per heavy atom. The fourth-order valence-corrected chi connectivity index (χ4v) is 18.8. The number of benzene rings is 2. The molecule has 160 valence electrons. The molecule has 0 aliphatic rings. The Kier molecular flexibility index (Phi) is 11.4. The van der Waals surface area contributed by atoms with E-state index in [0.717, 1.165) is 0 Å². The van der Waals surface area contributed by atoms with Gasteiger partial charge in [0, 0.05) is 0 Å². The van der Waals surface area contributed by atoms with Gasteiger partial charge in [0.15, 0.2) is 0 Å². The number of hydrogen-bond donors (Lipinski definition) is 0. The van der Waals surface area contributed by atoms with Gasteiger partial charge in [0.1, 0.15) is 0 Å². The van der Waals surface area contributed by atoms with Gasteiger partial charge in [0.25, 0.3) is 0 Å². The zero-order valence-corrected chi connectivity index (χ0v) is 21.7. The summed E-state index contributed by atoms with van der Waals surface area (Å²) in [5.41, 5.74) is 3.07. The van der Waals surface area contributed by atoms with Gasteiger partial charge in [-0.2, -0.15) is 0 Å². The predicted octanol–water partition coefficient (Wildman–Crippen LogP) is 6.61. The van der Waals surface area contributed by atoms with Crippen LogP contribution in [0.3, 0.4) is 0 Å². The van der Waals surface area contributed by atoms with E-state index in [0.29, 0.717) is 0 Å². The zero-order valence-electron chi connectivity index (χ0n) is 19.2. The summed E-state index contributed by atoms with van der Waals surface area (Å²) < 4.78 is 8.59. The first kappa shape index (κ1) is 24.5. The van der Waals surface area contributed by atoms with Crippen LogP contribution in [0, 0.1) is 0 Å². The summed E-state index contributed by atoms with van der Waals surface area (Å²) >= 11 is -2.96. The van der Waals surface area contributed by atoms with Gasteiger partial charge in [-0.3, -0.25) is 0 Å². The SMILES string of the molecule is CCC[N](CCC)[Zr]([CH2]c1ccccc1)([CH2]c1ccccc1)[N](CCC)CCC. The summed E-state index contributed by atoms with van der Waals surface area (Å²) in [7, 11) is 0. The minimum atomic E-state index is -2.96. The zero-order chi connectivity index (χ0) is 21.0. The quantitative estimate of drug-likeness (QED) is 0.304. The third-order valence-electron chi connectivity index (χ3n) is 5.81. The van der Waals surface area contributed by atoms with Crippen molar-refractivity contribution in [3.05, 3.63) is 71.8 Å². The van der Waals surface area contributed by atoms with Crippen LogP contribution in [0.15, 0.2) is 60.7 Å². The molecule has 0 radical (unpaired) electrons. The summed E-state index contributed by atoms with van der Waals surface area (Å²) in [6.07, 6.45) is 4.98. The summed E-state index contributed by atoms with van der Waals surface area (Å²) in [4.78, 5) is 0. The van der Waals surface area contributed by atoms with E-state index in [9.17, 15) is 0 Å². The molecule has 0 aliphatic carbocycles. The normalized spacial score (nSPS) is 12.1. The fourth-order valence-electron chi connectivity index (χ4n) is 4.69. The van der Waals surface area contributed by atoms with Gasteiger partial charge in [-0.05, 0) is 0 Å². The van der Waals surface area contributed by atoms with Crippen molar-refractivity contribution in [2.45, 2.75) is 61.6 Å². The molecule has 0 aromatic heterocycles. The third kappa shape index (κ3) is 7.16. The van der Waals surface area contributed by atoms with E-state index >= 15 is 0 Å². The van der Waals surface area contributed by atoms with E-state index in [2.05, 4.69) is 94.0 Å². The van der Waals surface area contributed by atoms with Crippen LogP contribution in [-0.2, 0) is 29.1 Å². The van der Waals surface area contributed by atoms with E-state index in [1.165, 1.54) is 71.2 Å². The second kappa shape index (κ2) is 13.5. The average molecular weight is 474 g/mol. The second-order valence-electron chi connectivity index (χ2n) is 8.28. The van der Waals surface area contributed by atoms with E-state index in [1.807, 2.05) is 0 Å². The summed E-state index contributed by atoms with van der Waals surface area (Å²) in [5.74, 6) is 0. The Morgan fingerprint density at radius 1 is 0.517 bits per heavy atom. The van der Waals surface area contributed by atoms with Crippen LogP contribution >= 0.6 is 0 Å². The van der Waals surface area contributed by atoms with Crippen LogP contribution in [0.2, 0.25) is 0 Å². The van der Waals surface area contributed by atoms with E-state index < -0.39 is 20.8 Å². The molecule has 0 saturated carbocycles. The van der Waals surface area contributed by atoms with Crippen molar-refractivity contribution in [1.82, 2.24) is 5.69 Å². The molecule has 29 heavy (non-hydrogen) atoms. The summed E-state index contributed by atoms with van der Waals surface area (Å²) in [6.45, 7) is 14.4. The first-order valence-electron chi connectivity index (χ1n) is 11.8. The van der Waals surface area contributed by atoms with Crippen molar-refractivity contribution in [3.8, 4) is 0 Å². The summed E-state index contributed by atoms with van der Waals surface area (Å²) in [6, 6.07) is 22.7. The van der Waals surface area contributed by atoms with Gasteiger partial charge in [-0.1, -0.05) is 0 Å². The molecule has 2 nitrogen and oxygen atoms in total. The van der Waals surface area contributed by atoms with Crippen LogP contribution in [0.1, 0.15) is 64.5 Å². The Morgan fingerprint density at radius 2 is 0.828 bits per heavy atom. The van der Waals surface area contributed by atoms with Crippen molar-refractivity contribution < 1.29 is 20.8 Å². The van der Waals surface area contributed by atoms with Crippen molar-refractivity contribution in [1.29, 1.82) is 0 Å². The van der Waals surface area contributed by atoms with Gasteiger partial charge in [-0.15, -0.1) is 0 Å².